The van der Waals surface area contributed by atoms with Gasteiger partial charge in [-0.3, -0.25) is 9.69 Å². The maximum absolute atomic E-state index is 13.2. The zero-order chi connectivity index (χ0) is 19.4. The zero-order valence-corrected chi connectivity index (χ0v) is 15.8. The number of ether oxygens (including phenoxy) is 1. The number of hydrogen-bond donors (Lipinski definition) is 1. The molecular weight excluding hydrogens is 415 g/mol. The van der Waals surface area contributed by atoms with Crippen LogP contribution in [-0.4, -0.2) is 23.4 Å². The molecule has 0 aromatic heterocycles. The van der Waals surface area contributed by atoms with Crippen molar-refractivity contribution < 1.29 is 18.7 Å². The molecule has 0 spiro atoms. The Morgan fingerprint density at radius 2 is 2.04 bits per heavy atom. The van der Waals surface area contributed by atoms with Crippen LogP contribution in [0.25, 0.3) is 6.08 Å². The predicted molar refractivity (Wildman–Crippen MR) is 103 cm³/mol. The standard InChI is InChI=1S/C20H16BrFN2O3/c1-2-8-24-19(25)17(23-20(24)26)11-13-6-7-18(16(21)10-13)27-12-14-4-3-5-15(22)9-14/h2-7,9-11H,1,8,12H2,(H,23,26)/b17-11+. The van der Waals surface area contributed by atoms with E-state index in [-0.39, 0.29) is 24.7 Å². The van der Waals surface area contributed by atoms with Crippen LogP contribution >= 0.6 is 15.9 Å². The van der Waals surface area contributed by atoms with Crippen molar-refractivity contribution >= 4 is 33.9 Å². The van der Waals surface area contributed by atoms with Gasteiger partial charge in [0, 0.05) is 6.54 Å². The lowest BCUT2D eigenvalue weighted by Gasteiger charge is -2.09. The summed E-state index contributed by atoms with van der Waals surface area (Å²) >= 11 is 3.42. The fraction of sp³-hybridized carbons (Fsp3) is 0.100. The molecule has 1 aliphatic heterocycles. The van der Waals surface area contributed by atoms with E-state index in [9.17, 15) is 14.0 Å². The normalized spacial score (nSPS) is 15.2. The van der Waals surface area contributed by atoms with Gasteiger partial charge in [0.1, 0.15) is 23.9 Å². The van der Waals surface area contributed by atoms with Gasteiger partial charge in [0.2, 0.25) is 0 Å². The Kier molecular flexibility index (Phi) is 5.71. The summed E-state index contributed by atoms with van der Waals surface area (Å²) in [4.78, 5) is 25.1. The highest BCUT2D eigenvalue weighted by Gasteiger charge is 2.32. The van der Waals surface area contributed by atoms with E-state index >= 15 is 0 Å². The lowest BCUT2D eigenvalue weighted by atomic mass is 10.2. The van der Waals surface area contributed by atoms with Crippen molar-refractivity contribution in [3.05, 3.63) is 82.2 Å². The van der Waals surface area contributed by atoms with Crippen LogP contribution < -0.4 is 10.1 Å². The molecule has 0 bridgehead atoms. The van der Waals surface area contributed by atoms with Crippen LogP contribution in [0.2, 0.25) is 0 Å². The second-order valence-corrected chi connectivity index (χ2v) is 6.66. The second-order valence-electron chi connectivity index (χ2n) is 5.80. The van der Waals surface area contributed by atoms with Crippen LogP contribution in [0, 0.1) is 5.82 Å². The molecule has 7 heteroatoms. The predicted octanol–water partition coefficient (Wildman–Crippen LogP) is 4.25. The number of rotatable bonds is 6. The van der Waals surface area contributed by atoms with Gasteiger partial charge in [-0.1, -0.05) is 24.3 Å². The first-order chi connectivity index (χ1) is 13.0. The number of carbonyl (C=O) groups excluding carboxylic acids is 2. The number of nitrogens with zero attached hydrogens (tertiary/aromatic N) is 1. The number of halogens is 2. The highest BCUT2D eigenvalue weighted by atomic mass is 79.9. The molecule has 3 rings (SSSR count). The van der Waals surface area contributed by atoms with Crippen LogP contribution in [0.4, 0.5) is 9.18 Å². The summed E-state index contributed by atoms with van der Waals surface area (Å²) in [6.45, 7) is 3.91. The Morgan fingerprint density at radius 1 is 1.22 bits per heavy atom. The van der Waals surface area contributed by atoms with Crippen molar-refractivity contribution in [2.24, 2.45) is 0 Å². The van der Waals surface area contributed by atoms with Gasteiger partial charge in [-0.05, 0) is 57.4 Å². The molecule has 0 radical (unpaired) electrons. The van der Waals surface area contributed by atoms with Crippen molar-refractivity contribution in [1.82, 2.24) is 10.2 Å². The van der Waals surface area contributed by atoms with Gasteiger partial charge in [0.25, 0.3) is 5.91 Å². The van der Waals surface area contributed by atoms with E-state index in [1.165, 1.54) is 18.2 Å². The van der Waals surface area contributed by atoms with E-state index in [2.05, 4.69) is 27.8 Å². The number of benzene rings is 2. The first-order valence-corrected chi connectivity index (χ1v) is 8.89. The second kappa shape index (κ2) is 8.18. The zero-order valence-electron chi connectivity index (χ0n) is 14.2. The molecule has 2 aromatic rings. The molecule has 0 aliphatic carbocycles. The fourth-order valence-corrected chi connectivity index (χ4v) is 3.06. The van der Waals surface area contributed by atoms with Gasteiger partial charge in [0.15, 0.2) is 0 Å². The quantitative estimate of drug-likeness (QED) is 0.423. The highest BCUT2D eigenvalue weighted by molar-refractivity contribution is 9.10. The Balaban J connectivity index is 1.72. The maximum atomic E-state index is 13.2. The molecule has 3 amide bonds. The van der Waals surface area contributed by atoms with E-state index in [0.717, 1.165) is 10.5 Å². The molecule has 27 heavy (non-hydrogen) atoms. The molecule has 0 unspecified atom stereocenters. The smallest absolute Gasteiger partial charge is 0.329 e. The number of carbonyl (C=O) groups is 2. The molecule has 1 fully saturated rings. The summed E-state index contributed by atoms with van der Waals surface area (Å²) < 4.78 is 19.6. The van der Waals surface area contributed by atoms with E-state index in [1.807, 2.05) is 0 Å². The number of urea groups is 1. The first kappa shape index (κ1) is 18.8. The lowest BCUT2D eigenvalue weighted by Crippen LogP contribution is -2.30. The average molecular weight is 431 g/mol. The van der Waals surface area contributed by atoms with Crippen molar-refractivity contribution in [2.75, 3.05) is 6.54 Å². The van der Waals surface area contributed by atoms with Crippen molar-refractivity contribution in [3.8, 4) is 5.75 Å². The van der Waals surface area contributed by atoms with Crippen LogP contribution in [0.5, 0.6) is 5.75 Å². The van der Waals surface area contributed by atoms with E-state index in [1.54, 1.807) is 36.4 Å². The van der Waals surface area contributed by atoms with Gasteiger partial charge in [-0.2, -0.15) is 0 Å². The van der Waals surface area contributed by atoms with Gasteiger partial charge < -0.3 is 10.1 Å². The van der Waals surface area contributed by atoms with Crippen LogP contribution in [0.15, 0.2) is 65.3 Å². The topological polar surface area (TPSA) is 58.6 Å². The summed E-state index contributed by atoms with van der Waals surface area (Å²) in [7, 11) is 0. The van der Waals surface area contributed by atoms with E-state index in [0.29, 0.717) is 15.8 Å². The highest BCUT2D eigenvalue weighted by Crippen LogP contribution is 2.28. The van der Waals surface area contributed by atoms with Gasteiger partial charge in [-0.15, -0.1) is 6.58 Å². The number of imide groups is 1. The van der Waals surface area contributed by atoms with Gasteiger partial charge >= 0.3 is 6.03 Å². The third-order valence-corrected chi connectivity index (χ3v) is 4.44. The molecule has 1 aliphatic rings. The lowest BCUT2D eigenvalue weighted by molar-refractivity contribution is -0.122. The molecule has 5 nitrogen and oxygen atoms in total. The first-order valence-electron chi connectivity index (χ1n) is 8.10. The average Bonchev–Trinajstić information content (AvgIpc) is 2.89. The van der Waals surface area contributed by atoms with Crippen LogP contribution in [0.3, 0.4) is 0 Å². The minimum absolute atomic E-state index is 0.151. The van der Waals surface area contributed by atoms with E-state index < -0.39 is 11.9 Å². The van der Waals surface area contributed by atoms with Crippen LogP contribution in [-0.2, 0) is 11.4 Å². The van der Waals surface area contributed by atoms with Crippen molar-refractivity contribution in [2.45, 2.75) is 6.61 Å². The SMILES string of the molecule is C=CCN1C(=O)N/C(=C/c2ccc(OCc3cccc(F)c3)c(Br)c2)C1=O. The molecule has 1 heterocycles. The Labute approximate surface area is 164 Å². The molecule has 1 N–H and O–H groups in total. The third-order valence-electron chi connectivity index (χ3n) is 3.82. The summed E-state index contributed by atoms with van der Waals surface area (Å²) in [5.74, 6) is -0.134. The third kappa shape index (κ3) is 4.43. The largest absolute Gasteiger partial charge is 0.488 e. The maximum Gasteiger partial charge on any atom is 0.329 e. The molecule has 0 atom stereocenters. The Hall–Kier alpha value is -2.93. The minimum Gasteiger partial charge on any atom is -0.488 e. The molecule has 1 saturated heterocycles. The summed E-state index contributed by atoms with van der Waals surface area (Å²) in [6.07, 6.45) is 3.08. The van der Waals surface area contributed by atoms with Gasteiger partial charge in [0.05, 0.1) is 4.47 Å². The monoisotopic (exact) mass is 430 g/mol. The molecule has 0 saturated carbocycles. The minimum atomic E-state index is -0.472. The molecule has 138 valence electrons. The van der Waals surface area contributed by atoms with Gasteiger partial charge in [-0.25, -0.2) is 9.18 Å². The number of amides is 3. The summed E-state index contributed by atoms with van der Waals surface area (Å²) in [6, 6.07) is 11.0. The van der Waals surface area contributed by atoms with Crippen molar-refractivity contribution in [1.29, 1.82) is 0 Å². The number of hydrogen-bond acceptors (Lipinski definition) is 3. The number of nitrogens with one attached hydrogen (secondary N) is 1. The Morgan fingerprint density at radius 3 is 2.74 bits per heavy atom. The van der Waals surface area contributed by atoms with E-state index in [4.69, 9.17) is 4.74 Å². The fourth-order valence-electron chi connectivity index (χ4n) is 2.54. The Bertz CT molecular complexity index is 943. The van der Waals surface area contributed by atoms with Crippen molar-refractivity contribution in [3.63, 3.8) is 0 Å². The summed E-state index contributed by atoms with van der Waals surface area (Å²) in [5.41, 5.74) is 1.63. The van der Waals surface area contributed by atoms with Crippen LogP contribution in [0.1, 0.15) is 11.1 Å². The molecular formula is C20H16BrFN2O3. The summed E-state index contributed by atoms with van der Waals surface area (Å²) in [5, 5.41) is 2.54. The molecule has 2 aromatic carbocycles.